The van der Waals surface area contributed by atoms with Crippen LogP contribution < -0.4 is 4.90 Å². The third-order valence-corrected chi connectivity index (χ3v) is 10.3. The average Bonchev–Trinajstić information content (AvgIpc) is 3.18. The zero-order valence-corrected chi connectivity index (χ0v) is 28.9. The molecule has 0 saturated carbocycles. The number of fused-ring (bicyclic) bond motifs is 2. The van der Waals surface area contributed by atoms with E-state index in [0.29, 0.717) is 23.0 Å². The lowest BCUT2D eigenvalue weighted by atomic mass is 9.73. The van der Waals surface area contributed by atoms with Crippen molar-refractivity contribution in [3.8, 4) is 34.2 Å². The van der Waals surface area contributed by atoms with Crippen LogP contribution in [0.1, 0.15) is 43.0 Å². The lowest BCUT2D eigenvalue weighted by Gasteiger charge is -2.42. The molecule has 52 heavy (non-hydrogen) atoms. The number of hydrogen-bond donors (Lipinski definition) is 0. The number of rotatable bonds is 6. The molecule has 256 valence electrons. The van der Waals surface area contributed by atoms with Crippen LogP contribution in [0.5, 0.6) is 0 Å². The second kappa shape index (κ2) is 12.6. The Morgan fingerprint density at radius 1 is 0.462 bits per heavy atom. The van der Waals surface area contributed by atoms with Gasteiger partial charge in [-0.25, -0.2) is 15.0 Å². The Labute approximate surface area is 301 Å². The molecule has 0 radical (unpaired) electrons. The molecule has 1 aliphatic rings. The summed E-state index contributed by atoms with van der Waals surface area (Å²) in [4.78, 5) is 16.4. The van der Waals surface area contributed by atoms with Crippen LogP contribution in [0.3, 0.4) is 0 Å². The van der Waals surface area contributed by atoms with Crippen molar-refractivity contribution in [2.24, 2.45) is 0 Å². The van der Waals surface area contributed by atoms with Crippen LogP contribution in [0.25, 0.3) is 34.2 Å². The molecule has 0 aliphatic carbocycles. The van der Waals surface area contributed by atoms with Crippen molar-refractivity contribution in [2.75, 3.05) is 4.90 Å². The van der Waals surface area contributed by atoms with Gasteiger partial charge in [-0.1, -0.05) is 147 Å². The molecule has 6 aromatic carbocycles. The van der Waals surface area contributed by atoms with Gasteiger partial charge in [0, 0.05) is 27.8 Å². The molecule has 7 heteroatoms. The molecule has 4 nitrogen and oxygen atoms in total. The molecule has 0 amide bonds. The first kappa shape index (κ1) is 33.1. The van der Waals surface area contributed by atoms with Gasteiger partial charge in [-0.05, 0) is 53.4 Å². The second-order valence-electron chi connectivity index (χ2n) is 13.8. The van der Waals surface area contributed by atoms with E-state index in [4.69, 9.17) is 15.0 Å². The molecule has 0 N–H and O–H groups in total. The minimum atomic E-state index is -4.58. The molecule has 1 atom stereocenters. The van der Waals surface area contributed by atoms with Crippen molar-refractivity contribution in [3.63, 3.8) is 0 Å². The average molecular weight is 689 g/mol. The van der Waals surface area contributed by atoms with Gasteiger partial charge in [0.2, 0.25) is 0 Å². The maximum absolute atomic E-state index is 15.3. The molecule has 0 fully saturated rings. The van der Waals surface area contributed by atoms with E-state index in [1.54, 1.807) is 36.4 Å². The molecule has 1 aromatic heterocycles. The lowest BCUT2D eigenvalue weighted by Crippen LogP contribution is -2.40. The summed E-state index contributed by atoms with van der Waals surface area (Å²) in [5, 5.41) is 0. The van der Waals surface area contributed by atoms with E-state index in [2.05, 4.69) is 43.0 Å². The molecular formula is C45H35F3N4. The number of para-hydroxylation sites is 2. The summed E-state index contributed by atoms with van der Waals surface area (Å²) in [6, 6.07) is 48.8. The van der Waals surface area contributed by atoms with Crippen molar-refractivity contribution in [2.45, 2.75) is 37.8 Å². The van der Waals surface area contributed by atoms with Crippen molar-refractivity contribution >= 4 is 17.1 Å². The van der Waals surface area contributed by atoms with Crippen LogP contribution in [0.4, 0.5) is 30.2 Å². The highest BCUT2D eigenvalue weighted by Crippen LogP contribution is 2.52. The van der Waals surface area contributed by atoms with E-state index in [0.717, 1.165) is 39.3 Å². The van der Waals surface area contributed by atoms with Gasteiger partial charge in [0.05, 0.1) is 11.4 Å². The van der Waals surface area contributed by atoms with Gasteiger partial charge in [0.15, 0.2) is 17.5 Å². The van der Waals surface area contributed by atoms with Gasteiger partial charge >= 0.3 is 6.18 Å². The number of aromatic nitrogens is 3. The normalized spacial score (nSPS) is 14.6. The Balaban J connectivity index is 1.17. The fourth-order valence-electron chi connectivity index (χ4n) is 7.28. The SMILES string of the molecule is CC1(C)c2ccccc2N(c2ccc(C(C)(c3ccc(-c4nc(-c5ccccc5)nc(-c5ccccc5)n4)cc3)C(F)(F)F)cc2)c2ccccc21. The predicted octanol–water partition coefficient (Wildman–Crippen LogP) is 11.8. The molecule has 1 aliphatic heterocycles. The Morgan fingerprint density at radius 3 is 1.25 bits per heavy atom. The molecule has 0 bridgehead atoms. The smallest absolute Gasteiger partial charge is 0.310 e. The summed E-state index contributed by atoms with van der Waals surface area (Å²) in [6.45, 7) is 5.65. The van der Waals surface area contributed by atoms with Crippen molar-refractivity contribution in [1.82, 2.24) is 15.0 Å². The molecule has 0 saturated heterocycles. The largest absolute Gasteiger partial charge is 0.402 e. The van der Waals surface area contributed by atoms with Crippen LogP contribution in [0, 0.1) is 0 Å². The maximum atomic E-state index is 15.3. The predicted molar refractivity (Wildman–Crippen MR) is 202 cm³/mol. The maximum Gasteiger partial charge on any atom is 0.402 e. The molecule has 7 aromatic rings. The summed E-state index contributed by atoms with van der Waals surface area (Å²) in [6.07, 6.45) is -4.58. The van der Waals surface area contributed by atoms with E-state index in [1.807, 2.05) is 84.9 Å². The minimum absolute atomic E-state index is 0.118. The van der Waals surface area contributed by atoms with Gasteiger partial charge in [0.1, 0.15) is 5.41 Å². The van der Waals surface area contributed by atoms with Gasteiger partial charge in [-0.15, -0.1) is 0 Å². The first-order valence-electron chi connectivity index (χ1n) is 17.2. The Morgan fingerprint density at radius 2 is 0.827 bits per heavy atom. The molecule has 1 unspecified atom stereocenters. The van der Waals surface area contributed by atoms with E-state index >= 15 is 13.2 Å². The zero-order valence-electron chi connectivity index (χ0n) is 28.9. The third-order valence-electron chi connectivity index (χ3n) is 10.3. The summed E-state index contributed by atoms with van der Waals surface area (Å²) in [5.74, 6) is 1.34. The standard InChI is InChI=1S/C45H35F3N4/c1-43(2)36-18-10-12-20-38(36)52(39-21-13-11-19-37(39)43)35-28-26-34(27-29-35)44(3,45(46,47)48)33-24-22-32(23-25-33)42-50-40(30-14-6-4-7-15-30)49-41(51-42)31-16-8-5-9-17-31/h4-29H,1-3H3. The molecule has 8 rings (SSSR count). The minimum Gasteiger partial charge on any atom is -0.310 e. The highest BCUT2D eigenvalue weighted by atomic mass is 19.4. The Hall–Kier alpha value is -6.08. The molecule has 2 heterocycles. The van der Waals surface area contributed by atoms with Crippen molar-refractivity contribution in [1.29, 1.82) is 0 Å². The van der Waals surface area contributed by atoms with Crippen LogP contribution in [-0.4, -0.2) is 21.1 Å². The first-order chi connectivity index (χ1) is 25.1. The molecule has 0 spiro atoms. The molecular weight excluding hydrogens is 654 g/mol. The number of anilines is 3. The van der Waals surface area contributed by atoms with Gasteiger partial charge in [0.25, 0.3) is 0 Å². The number of nitrogens with zero attached hydrogens (tertiary/aromatic N) is 4. The number of hydrogen-bond acceptors (Lipinski definition) is 4. The van der Waals surface area contributed by atoms with Gasteiger partial charge in [-0.3, -0.25) is 0 Å². The summed E-state index contributed by atoms with van der Waals surface area (Å²) < 4.78 is 45.8. The fourth-order valence-corrected chi connectivity index (χ4v) is 7.28. The van der Waals surface area contributed by atoms with Crippen molar-refractivity contribution in [3.05, 3.63) is 180 Å². The second-order valence-corrected chi connectivity index (χ2v) is 13.8. The third kappa shape index (κ3) is 5.53. The van der Waals surface area contributed by atoms with E-state index in [1.165, 1.54) is 19.1 Å². The lowest BCUT2D eigenvalue weighted by molar-refractivity contribution is -0.173. The van der Waals surface area contributed by atoms with Crippen molar-refractivity contribution < 1.29 is 13.2 Å². The Bertz CT molecular complexity index is 2270. The van der Waals surface area contributed by atoms with Crippen LogP contribution in [-0.2, 0) is 10.8 Å². The summed E-state index contributed by atoms with van der Waals surface area (Å²) >= 11 is 0. The van der Waals surface area contributed by atoms with Crippen LogP contribution >= 0.6 is 0 Å². The van der Waals surface area contributed by atoms with E-state index < -0.39 is 11.6 Å². The number of halogens is 3. The summed E-state index contributed by atoms with van der Waals surface area (Å²) in [7, 11) is 0. The topological polar surface area (TPSA) is 41.9 Å². The zero-order chi connectivity index (χ0) is 36.1. The highest BCUT2D eigenvalue weighted by Gasteiger charge is 2.53. The fraction of sp³-hybridized carbons (Fsp3) is 0.133. The quantitative estimate of drug-likeness (QED) is 0.174. The van der Waals surface area contributed by atoms with Gasteiger partial charge in [-0.2, -0.15) is 13.2 Å². The van der Waals surface area contributed by atoms with E-state index in [-0.39, 0.29) is 16.5 Å². The summed E-state index contributed by atoms with van der Waals surface area (Å²) in [5.41, 5.74) is 5.08. The number of alkyl halides is 3. The van der Waals surface area contributed by atoms with Crippen LogP contribution in [0.2, 0.25) is 0 Å². The van der Waals surface area contributed by atoms with Gasteiger partial charge < -0.3 is 4.90 Å². The number of benzene rings is 6. The van der Waals surface area contributed by atoms with Crippen LogP contribution in [0.15, 0.2) is 158 Å². The Kier molecular flexibility index (Phi) is 8.02. The first-order valence-corrected chi connectivity index (χ1v) is 17.2. The van der Waals surface area contributed by atoms with E-state index in [9.17, 15) is 0 Å². The monoisotopic (exact) mass is 688 g/mol. The highest BCUT2D eigenvalue weighted by molar-refractivity contribution is 5.86.